The van der Waals surface area contributed by atoms with Gasteiger partial charge in [-0.3, -0.25) is 15.0 Å². The third kappa shape index (κ3) is 4.81. The number of carbonyl (C=O) groups is 1. The highest BCUT2D eigenvalue weighted by atomic mass is 32.1. The first-order chi connectivity index (χ1) is 12.4. The highest BCUT2D eigenvalue weighted by Gasteiger charge is 2.22. The standard InChI is InChI=1S/C19H26N4O2S/c1-13-9-23(10-14(2)25-13)11-16-12-26-19(20-16)21-18(24)15-6-5-7-17(8-15)22(3)4/h5-8,12-14H,9-11H2,1-4H3,(H,20,21,24)/t13-,14-/m0/s1. The molecule has 2 atom stereocenters. The molecule has 6 nitrogen and oxygen atoms in total. The Bertz CT molecular complexity index is 752. The van der Waals surface area contributed by atoms with E-state index in [0.29, 0.717) is 10.7 Å². The molecule has 140 valence electrons. The Hall–Kier alpha value is -1.96. The van der Waals surface area contributed by atoms with Crippen LogP contribution in [0.1, 0.15) is 29.9 Å². The summed E-state index contributed by atoms with van der Waals surface area (Å²) in [7, 11) is 3.91. The number of rotatable bonds is 5. The SMILES string of the molecule is C[C@H]1CN(Cc2csc(NC(=O)c3cccc(N(C)C)c3)n2)C[C@H](C)O1. The van der Waals surface area contributed by atoms with Crippen molar-refractivity contribution >= 4 is 28.1 Å². The second-order valence-electron chi connectivity index (χ2n) is 6.99. The molecule has 3 rings (SSSR count). The van der Waals surface area contributed by atoms with Crippen LogP contribution in [-0.4, -0.2) is 55.2 Å². The monoisotopic (exact) mass is 374 g/mol. The van der Waals surface area contributed by atoms with Gasteiger partial charge in [0, 0.05) is 50.4 Å². The number of ether oxygens (including phenoxy) is 1. The lowest BCUT2D eigenvalue weighted by Gasteiger charge is -2.34. The molecule has 1 aliphatic heterocycles. The number of hydrogen-bond donors (Lipinski definition) is 1. The zero-order valence-corrected chi connectivity index (χ0v) is 16.5. The average Bonchev–Trinajstić information content (AvgIpc) is 3.00. The number of aromatic nitrogens is 1. The molecule has 0 unspecified atom stereocenters. The molecule has 0 radical (unpaired) electrons. The van der Waals surface area contributed by atoms with Gasteiger partial charge < -0.3 is 9.64 Å². The largest absolute Gasteiger partial charge is 0.378 e. The Kier molecular flexibility index (Phi) is 5.90. The molecule has 0 spiro atoms. The number of anilines is 2. The number of amides is 1. The molecule has 2 aromatic rings. The van der Waals surface area contributed by atoms with Crippen LogP contribution < -0.4 is 10.2 Å². The van der Waals surface area contributed by atoms with Crippen LogP contribution in [0.5, 0.6) is 0 Å². The van der Waals surface area contributed by atoms with E-state index in [1.165, 1.54) is 11.3 Å². The predicted octanol–water partition coefficient (Wildman–Crippen LogP) is 3.07. The smallest absolute Gasteiger partial charge is 0.257 e. The lowest BCUT2D eigenvalue weighted by atomic mass is 10.2. The number of carbonyl (C=O) groups excluding carboxylic acids is 1. The number of nitrogens with zero attached hydrogens (tertiary/aromatic N) is 3. The third-order valence-corrected chi connectivity index (χ3v) is 5.08. The molecule has 26 heavy (non-hydrogen) atoms. The van der Waals surface area contributed by atoms with Gasteiger partial charge in [-0.1, -0.05) is 6.07 Å². The summed E-state index contributed by atoms with van der Waals surface area (Å²) in [6.07, 6.45) is 0.473. The van der Waals surface area contributed by atoms with E-state index in [-0.39, 0.29) is 18.1 Å². The maximum atomic E-state index is 12.5. The molecular weight excluding hydrogens is 348 g/mol. The number of hydrogen-bond acceptors (Lipinski definition) is 6. The zero-order valence-electron chi connectivity index (χ0n) is 15.7. The van der Waals surface area contributed by atoms with E-state index < -0.39 is 0 Å². The predicted molar refractivity (Wildman–Crippen MR) is 106 cm³/mol. The lowest BCUT2D eigenvalue weighted by molar-refractivity contribution is -0.0707. The van der Waals surface area contributed by atoms with Crippen molar-refractivity contribution in [2.45, 2.75) is 32.6 Å². The van der Waals surface area contributed by atoms with Crippen molar-refractivity contribution in [3.05, 3.63) is 40.9 Å². The maximum absolute atomic E-state index is 12.5. The molecule has 1 aliphatic rings. The van der Waals surface area contributed by atoms with Gasteiger partial charge in [-0.05, 0) is 32.0 Å². The van der Waals surface area contributed by atoms with Crippen LogP contribution in [0.3, 0.4) is 0 Å². The van der Waals surface area contributed by atoms with Crippen molar-refractivity contribution < 1.29 is 9.53 Å². The molecule has 1 N–H and O–H groups in total. The van der Waals surface area contributed by atoms with Crippen molar-refractivity contribution in [1.82, 2.24) is 9.88 Å². The molecular formula is C19H26N4O2S. The van der Waals surface area contributed by atoms with Crippen LogP contribution in [0.2, 0.25) is 0 Å². The molecule has 0 aliphatic carbocycles. The summed E-state index contributed by atoms with van der Waals surface area (Å²) in [4.78, 5) is 21.4. The fourth-order valence-electron chi connectivity index (χ4n) is 3.17. The molecule has 7 heteroatoms. The summed E-state index contributed by atoms with van der Waals surface area (Å²) in [6, 6.07) is 7.55. The van der Waals surface area contributed by atoms with E-state index in [0.717, 1.165) is 31.0 Å². The molecule has 1 aromatic heterocycles. The van der Waals surface area contributed by atoms with Crippen LogP contribution in [0.25, 0.3) is 0 Å². The lowest BCUT2D eigenvalue weighted by Crippen LogP contribution is -2.44. The van der Waals surface area contributed by atoms with Crippen molar-refractivity contribution in [2.75, 3.05) is 37.4 Å². The van der Waals surface area contributed by atoms with Crippen molar-refractivity contribution in [1.29, 1.82) is 0 Å². The Labute approximate surface area is 158 Å². The van der Waals surface area contributed by atoms with E-state index in [1.54, 1.807) is 0 Å². The summed E-state index contributed by atoms with van der Waals surface area (Å²) in [5.74, 6) is -0.136. The molecule has 0 saturated carbocycles. The Morgan fingerprint density at radius 2 is 2.08 bits per heavy atom. The number of thiazole rings is 1. The van der Waals surface area contributed by atoms with Gasteiger partial charge in [0.15, 0.2) is 5.13 Å². The summed E-state index contributed by atoms with van der Waals surface area (Å²) in [5, 5.41) is 5.55. The summed E-state index contributed by atoms with van der Waals surface area (Å²) >= 11 is 1.46. The first-order valence-electron chi connectivity index (χ1n) is 8.81. The summed E-state index contributed by atoms with van der Waals surface area (Å²) in [5.41, 5.74) is 2.60. The Balaban J connectivity index is 1.61. The van der Waals surface area contributed by atoms with Gasteiger partial charge in [0.25, 0.3) is 5.91 Å². The van der Waals surface area contributed by atoms with E-state index in [2.05, 4.69) is 29.0 Å². The second kappa shape index (κ2) is 8.16. The average molecular weight is 375 g/mol. The molecule has 1 fully saturated rings. The minimum Gasteiger partial charge on any atom is -0.378 e. The van der Waals surface area contributed by atoms with E-state index >= 15 is 0 Å². The Morgan fingerprint density at radius 1 is 1.35 bits per heavy atom. The van der Waals surface area contributed by atoms with E-state index in [4.69, 9.17) is 4.74 Å². The quantitative estimate of drug-likeness (QED) is 0.872. The third-order valence-electron chi connectivity index (χ3n) is 4.28. The zero-order chi connectivity index (χ0) is 18.7. The van der Waals surface area contributed by atoms with Crippen molar-refractivity contribution in [3.63, 3.8) is 0 Å². The second-order valence-corrected chi connectivity index (χ2v) is 7.85. The summed E-state index contributed by atoms with van der Waals surface area (Å²) < 4.78 is 5.77. The molecule has 0 bridgehead atoms. The minimum atomic E-state index is -0.136. The first kappa shape index (κ1) is 18.8. The topological polar surface area (TPSA) is 57.7 Å². The fourth-order valence-corrected chi connectivity index (χ4v) is 3.87. The van der Waals surface area contributed by atoms with Gasteiger partial charge in [-0.25, -0.2) is 4.98 Å². The van der Waals surface area contributed by atoms with Gasteiger partial charge in [0.1, 0.15) is 0 Å². The van der Waals surface area contributed by atoms with Crippen molar-refractivity contribution in [2.24, 2.45) is 0 Å². The van der Waals surface area contributed by atoms with E-state index in [1.807, 2.05) is 48.6 Å². The highest BCUT2D eigenvalue weighted by molar-refractivity contribution is 7.13. The van der Waals surface area contributed by atoms with Crippen LogP contribution in [0.15, 0.2) is 29.6 Å². The normalized spacial score (nSPS) is 20.8. The number of benzene rings is 1. The van der Waals surface area contributed by atoms with Gasteiger partial charge in [0.05, 0.1) is 17.9 Å². The van der Waals surface area contributed by atoms with Crippen LogP contribution in [0.4, 0.5) is 10.8 Å². The molecule has 1 saturated heterocycles. The Morgan fingerprint density at radius 3 is 2.77 bits per heavy atom. The van der Waals surface area contributed by atoms with Crippen molar-refractivity contribution in [3.8, 4) is 0 Å². The van der Waals surface area contributed by atoms with Crippen LogP contribution in [0, 0.1) is 0 Å². The van der Waals surface area contributed by atoms with Crippen LogP contribution >= 0.6 is 11.3 Å². The number of morpholine rings is 1. The van der Waals surface area contributed by atoms with Crippen LogP contribution in [-0.2, 0) is 11.3 Å². The van der Waals surface area contributed by atoms with Gasteiger partial charge >= 0.3 is 0 Å². The number of nitrogens with one attached hydrogen (secondary N) is 1. The fraction of sp³-hybridized carbons (Fsp3) is 0.474. The van der Waals surface area contributed by atoms with Gasteiger partial charge in [-0.2, -0.15) is 0 Å². The van der Waals surface area contributed by atoms with Gasteiger partial charge in [-0.15, -0.1) is 11.3 Å². The highest BCUT2D eigenvalue weighted by Crippen LogP contribution is 2.21. The molecule has 1 amide bonds. The molecule has 1 aromatic carbocycles. The van der Waals surface area contributed by atoms with E-state index in [9.17, 15) is 4.79 Å². The van der Waals surface area contributed by atoms with Gasteiger partial charge in [0.2, 0.25) is 0 Å². The first-order valence-corrected chi connectivity index (χ1v) is 9.69. The molecule has 2 heterocycles. The minimum absolute atomic E-state index is 0.136. The maximum Gasteiger partial charge on any atom is 0.257 e. The summed E-state index contributed by atoms with van der Waals surface area (Å²) in [6.45, 7) is 6.77.